The molecule has 3 N–H and O–H groups in total. The topological polar surface area (TPSA) is 56.7 Å². The summed E-state index contributed by atoms with van der Waals surface area (Å²) in [6, 6.07) is 0. The number of aliphatic hydroxyl groups is 1. The smallest absolute Gasteiger partial charge is 0.191 e. The Hall–Kier alpha value is -0.420. The van der Waals surface area contributed by atoms with Gasteiger partial charge in [0.2, 0.25) is 0 Å². The molecule has 0 fully saturated rings. The first-order chi connectivity index (χ1) is 9.13. The van der Waals surface area contributed by atoms with Crippen LogP contribution in [0.5, 0.6) is 0 Å². The van der Waals surface area contributed by atoms with E-state index in [4.69, 9.17) is 5.11 Å². The molecule has 114 valence electrons. The van der Waals surface area contributed by atoms with Crippen molar-refractivity contribution in [1.29, 1.82) is 0 Å². The van der Waals surface area contributed by atoms with Gasteiger partial charge in [0.25, 0.3) is 0 Å². The summed E-state index contributed by atoms with van der Waals surface area (Å²) in [5.74, 6) is 3.10. The van der Waals surface area contributed by atoms with Crippen LogP contribution in [0.3, 0.4) is 0 Å². The first-order valence-corrected chi connectivity index (χ1v) is 8.65. The molecule has 5 heteroatoms. The highest BCUT2D eigenvalue weighted by molar-refractivity contribution is 7.98. The largest absolute Gasteiger partial charge is 0.396 e. The first-order valence-electron chi connectivity index (χ1n) is 7.25. The molecule has 4 nitrogen and oxygen atoms in total. The molecule has 0 amide bonds. The molecule has 0 aliphatic carbocycles. The zero-order valence-corrected chi connectivity index (χ0v) is 13.7. The third-order valence-electron chi connectivity index (χ3n) is 2.79. The van der Waals surface area contributed by atoms with Crippen LogP contribution >= 0.6 is 11.8 Å². The number of nitrogens with one attached hydrogen (secondary N) is 2. The van der Waals surface area contributed by atoms with E-state index in [1.165, 1.54) is 0 Å². The van der Waals surface area contributed by atoms with Gasteiger partial charge in [-0.2, -0.15) is 11.8 Å². The van der Waals surface area contributed by atoms with E-state index in [0.717, 1.165) is 44.2 Å². The van der Waals surface area contributed by atoms with Gasteiger partial charge in [0, 0.05) is 32.0 Å². The maximum Gasteiger partial charge on any atom is 0.191 e. The van der Waals surface area contributed by atoms with Crippen LogP contribution in [0.25, 0.3) is 0 Å². The zero-order valence-electron chi connectivity index (χ0n) is 12.9. The Balaban J connectivity index is 4.27. The van der Waals surface area contributed by atoms with Crippen molar-refractivity contribution >= 4 is 17.7 Å². The van der Waals surface area contributed by atoms with Gasteiger partial charge in [-0.3, -0.25) is 4.99 Å². The number of aliphatic imine (C=N–C) groups is 1. The fourth-order valence-electron chi connectivity index (χ4n) is 1.97. The normalized spacial score (nSPS) is 13.7. The van der Waals surface area contributed by atoms with Crippen molar-refractivity contribution in [3.63, 3.8) is 0 Å². The summed E-state index contributed by atoms with van der Waals surface area (Å²) in [6.07, 6.45) is 4.06. The lowest BCUT2D eigenvalue weighted by Gasteiger charge is -2.17. The number of nitrogens with zero attached hydrogens (tertiary/aromatic N) is 1. The molecule has 0 bridgehead atoms. The van der Waals surface area contributed by atoms with Gasteiger partial charge in [-0.15, -0.1) is 0 Å². The Morgan fingerprint density at radius 2 is 2.05 bits per heavy atom. The molecule has 0 radical (unpaired) electrons. The number of thioether (sulfide) groups is 1. The minimum Gasteiger partial charge on any atom is -0.396 e. The summed E-state index contributed by atoms with van der Waals surface area (Å²) in [5, 5.41) is 15.7. The molecule has 0 saturated heterocycles. The molecule has 0 spiro atoms. The Kier molecular flexibility index (Phi) is 12.3. The van der Waals surface area contributed by atoms with Crippen molar-refractivity contribution in [3.8, 4) is 0 Å². The van der Waals surface area contributed by atoms with E-state index in [1.807, 2.05) is 11.8 Å². The number of hydrogen-bond acceptors (Lipinski definition) is 3. The third kappa shape index (κ3) is 11.1. The summed E-state index contributed by atoms with van der Waals surface area (Å²) >= 11 is 1.82. The average Bonchev–Trinajstić information content (AvgIpc) is 2.35. The summed E-state index contributed by atoms with van der Waals surface area (Å²) in [7, 11) is 0. The average molecular weight is 289 g/mol. The maximum atomic E-state index is 9.11. The van der Waals surface area contributed by atoms with E-state index in [-0.39, 0.29) is 6.61 Å². The Bertz CT molecular complexity index is 235. The van der Waals surface area contributed by atoms with Crippen molar-refractivity contribution in [2.24, 2.45) is 16.8 Å². The highest BCUT2D eigenvalue weighted by atomic mass is 32.2. The van der Waals surface area contributed by atoms with Crippen molar-refractivity contribution in [1.82, 2.24) is 10.6 Å². The molecule has 0 saturated carbocycles. The minimum atomic E-state index is 0.253. The lowest BCUT2D eigenvalue weighted by atomic mass is 9.94. The second kappa shape index (κ2) is 12.6. The predicted molar refractivity (Wildman–Crippen MR) is 87.0 cm³/mol. The van der Waals surface area contributed by atoms with E-state index < -0.39 is 0 Å². The van der Waals surface area contributed by atoms with Crippen LogP contribution in [0, 0.1) is 11.8 Å². The summed E-state index contributed by atoms with van der Waals surface area (Å²) in [6.45, 7) is 9.36. The van der Waals surface area contributed by atoms with Crippen LogP contribution in [0.2, 0.25) is 0 Å². The quantitative estimate of drug-likeness (QED) is 0.327. The summed E-state index contributed by atoms with van der Waals surface area (Å²) in [4.78, 5) is 4.63. The number of aliphatic hydroxyl groups excluding tert-OH is 1. The fourth-order valence-corrected chi connectivity index (χ4v) is 2.27. The molecule has 0 rings (SSSR count). The Morgan fingerprint density at radius 3 is 2.58 bits per heavy atom. The van der Waals surface area contributed by atoms with Crippen molar-refractivity contribution < 1.29 is 5.11 Å². The molecule has 0 heterocycles. The molecule has 0 aromatic rings. The monoisotopic (exact) mass is 289 g/mol. The van der Waals surface area contributed by atoms with Crippen LogP contribution in [0.15, 0.2) is 4.99 Å². The van der Waals surface area contributed by atoms with Crippen molar-refractivity contribution in [2.45, 2.75) is 33.6 Å². The minimum absolute atomic E-state index is 0.253. The predicted octanol–water partition coefficient (Wildman–Crippen LogP) is 1.95. The highest BCUT2D eigenvalue weighted by Crippen LogP contribution is 2.15. The molecular weight excluding hydrogens is 258 g/mol. The van der Waals surface area contributed by atoms with Gasteiger partial charge in [-0.25, -0.2) is 0 Å². The van der Waals surface area contributed by atoms with Crippen LogP contribution in [0.4, 0.5) is 0 Å². The van der Waals surface area contributed by atoms with Crippen LogP contribution < -0.4 is 10.6 Å². The Labute approximate surface area is 122 Å². The van der Waals surface area contributed by atoms with E-state index >= 15 is 0 Å². The molecule has 0 aromatic heterocycles. The molecule has 1 atom stereocenters. The lowest BCUT2D eigenvalue weighted by molar-refractivity contribution is 0.245. The van der Waals surface area contributed by atoms with Crippen molar-refractivity contribution in [2.75, 3.05) is 38.2 Å². The van der Waals surface area contributed by atoms with Gasteiger partial charge in [0.1, 0.15) is 0 Å². The Morgan fingerprint density at radius 1 is 1.32 bits per heavy atom. The van der Waals surface area contributed by atoms with Gasteiger partial charge >= 0.3 is 0 Å². The molecule has 19 heavy (non-hydrogen) atoms. The van der Waals surface area contributed by atoms with Gasteiger partial charge in [-0.05, 0) is 37.9 Å². The fraction of sp³-hybridized carbons (Fsp3) is 0.929. The third-order valence-corrected chi connectivity index (χ3v) is 3.40. The molecule has 0 aliphatic rings. The second-order valence-corrected chi connectivity index (χ2v) is 6.13. The van der Waals surface area contributed by atoms with Gasteiger partial charge in [0.15, 0.2) is 5.96 Å². The number of rotatable bonds is 10. The SMILES string of the molecule is CCNC(=NCC(CCO)CC(C)C)NCCSC. The van der Waals surface area contributed by atoms with Gasteiger partial charge < -0.3 is 15.7 Å². The van der Waals surface area contributed by atoms with E-state index in [2.05, 4.69) is 42.7 Å². The zero-order chi connectivity index (χ0) is 14.5. The van der Waals surface area contributed by atoms with Crippen LogP contribution in [-0.2, 0) is 0 Å². The van der Waals surface area contributed by atoms with E-state index in [9.17, 15) is 0 Å². The molecule has 0 aliphatic heterocycles. The molecular formula is C14H31N3OS. The van der Waals surface area contributed by atoms with Crippen molar-refractivity contribution in [3.05, 3.63) is 0 Å². The van der Waals surface area contributed by atoms with Gasteiger partial charge in [0.05, 0.1) is 0 Å². The summed E-state index contributed by atoms with van der Waals surface area (Å²) in [5.41, 5.74) is 0. The van der Waals surface area contributed by atoms with E-state index in [1.54, 1.807) is 0 Å². The van der Waals surface area contributed by atoms with Crippen LogP contribution in [0.1, 0.15) is 33.6 Å². The highest BCUT2D eigenvalue weighted by Gasteiger charge is 2.10. The summed E-state index contributed by atoms with van der Waals surface area (Å²) < 4.78 is 0. The van der Waals surface area contributed by atoms with Crippen LogP contribution in [-0.4, -0.2) is 49.3 Å². The molecule has 0 aromatic carbocycles. The first kappa shape index (κ1) is 18.6. The van der Waals surface area contributed by atoms with E-state index in [0.29, 0.717) is 11.8 Å². The maximum absolute atomic E-state index is 9.11. The standard InChI is InChI=1S/C14H31N3OS/c1-5-15-14(16-7-9-19-4)17-11-13(6-8-18)10-12(2)3/h12-13,18H,5-11H2,1-4H3,(H2,15,16,17). The van der Waals surface area contributed by atoms with Gasteiger partial charge in [-0.1, -0.05) is 13.8 Å². The lowest BCUT2D eigenvalue weighted by Crippen LogP contribution is -2.38. The number of guanidine groups is 1. The number of hydrogen-bond donors (Lipinski definition) is 3. The second-order valence-electron chi connectivity index (χ2n) is 5.15. The molecule has 1 unspecified atom stereocenters.